The molecule has 0 aliphatic carbocycles. The van der Waals surface area contributed by atoms with Gasteiger partial charge in [-0.05, 0) is 31.2 Å². The number of hydrogen-bond acceptors (Lipinski definition) is 6. The summed E-state index contributed by atoms with van der Waals surface area (Å²) in [6.45, 7) is 1.91. The highest BCUT2D eigenvalue weighted by Gasteiger charge is 2.12. The van der Waals surface area contributed by atoms with Crippen molar-refractivity contribution >= 4 is 16.5 Å². The van der Waals surface area contributed by atoms with E-state index in [9.17, 15) is 0 Å². The standard InChI is InChI=1S/C11H13N3O2S/c1-7(10-13-14-11(12)17-10)16-9-5-3-8(15-2)4-6-9/h3-7H,1-2H3,(H2,12,14). The Kier molecular flexibility index (Phi) is 3.43. The van der Waals surface area contributed by atoms with Crippen LogP contribution in [0.15, 0.2) is 24.3 Å². The summed E-state index contributed by atoms with van der Waals surface area (Å²) in [5, 5.41) is 8.90. The van der Waals surface area contributed by atoms with E-state index >= 15 is 0 Å². The van der Waals surface area contributed by atoms with Gasteiger partial charge in [0.25, 0.3) is 0 Å². The van der Waals surface area contributed by atoms with Crippen molar-refractivity contribution < 1.29 is 9.47 Å². The summed E-state index contributed by atoms with van der Waals surface area (Å²) in [7, 11) is 1.63. The first-order valence-electron chi connectivity index (χ1n) is 5.08. The molecule has 1 aromatic carbocycles. The second kappa shape index (κ2) is 5.01. The predicted molar refractivity (Wildman–Crippen MR) is 66.4 cm³/mol. The lowest BCUT2D eigenvalue weighted by molar-refractivity contribution is 0.225. The van der Waals surface area contributed by atoms with E-state index in [0.29, 0.717) is 5.13 Å². The van der Waals surface area contributed by atoms with Crippen LogP contribution in [0.1, 0.15) is 18.0 Å². The van der Waals surface area contributed by atoms with Gasteiger partial charge in [-0.3, -0.25) is 0 Å². The molecule has 0 amide bonds. The fourth-order valence-corrected chi connectivity index (χ4v) is 1.91. The van der Waals surface area contributed by atoms with Crippen LogP contribution in [0.5, 0.6) is 11.5 Å². The van der Waals surface area contributed by atoms with Crippen molar-refractivity contribution in [2.24, 2.45) is 0 Å². The van der Waals surface area contributed by atoms with E-state index < -0.39 is 0 Å². The van der Waals surface area contributed by atoms with E-state index in [4.69, 9.17) is 15.2 Å². The number of nitrogens with two attached hydrogens (primary N) is 1. The number of hydrogen-bond donors (Lipinski definition) is 1. The van der Waals surface area contributed by atoms with Crippen molar-refractivity contribution in [3.63, 3.8) is 0 Å². The number of nitrogens with zero attached hydrogens (tertiary/aromatic N) is 2. The third kappa shape index (κ3) is 2.85. The second-order valence-corrected chi connectivity index (χ2v) is 4.45. The maximum atomic E-state index is 5.71. The first-order valence-corrected chi connectivity index (χ1v) is 5.90. The van der Waals surface area contributed by atoms with E-state index in [1.165, 1.54) is 11.3 Å². The lowest BCUT2D eigenvalue weighted by Gasteiger charge is -2.11. The van der Waals surface area contributed by atoms with Gasteiger partial charge in [-0.2, -0.15) is 0 Å². The van der Waals surface area contributed by atoms with Gasteiger partial charge in [-0.15, -0.1) is 10.2 Å². The van der Waals surface area contributed by atoms with Crippen LogP contribution in [0.2, 0.25) is 0 Å². The SMILES string of the molecule is COc1ccc(OC(C)c2nnc(N)s2)cc1. The fourth-order valence-electron chi connectivity index (χ4n) is 1.32. The number of rotatable bonds is 4. The van der Waals surface area contributed by atoms with Gasteiger partial charge in [0.2, 0.25) is 5.13 Å². The number of aromatic nitrogens is 2. The third-order valence-corrected chi connectivity index (χ3v) is 3.09. The van der Waals surface area contributed by atoms with Crippen LogP contribution in [0.25, 0.3) is 0 Å². The monoisotopic (exact) mass is 251 g/mol. The van der Waals surface area contributed by atoms with Gasteiger partial charge in [0, 0.05) is 0 Å². The Bertz CT molecular complexity index is 484. The molecule has 2 rings (SSSR count). The van der Waals surface area contributed by atoms with Crippen molar-refractivity contribution in [3.05, 3.63) is 29.3 Å². The van der Waals surface area contributed by atoms with Gasteiger partial charge in [0.05, 0.1) is 7.11 Å². The summed E-state index contributed by atoms with van der Waals surface area (Å²) < 4.78 is 10.8. The molecule has 1 unspecified atom stereocenters. The molecule has 0 aliphatic heterocycles. The minimum absolute atomic E-state index is 0.168. The van der Waals surface area contributed by atoms with Crippen LogP contribution in [0, 0.1) is 0 Å². The first kappa shape index (κ1) is 11.7. The molecular weight excluding hydrogens is 238 g/mol. The van der Waals surface area contributed by atoms with E-state index in [0.717, 1.165) is 16.5 Å². The summed E-state index contributed by atoms with van der Waals surface area (Å²) in [5.74, 6) is 1.55. The molecule has 0 radical (unpaired) electrons. The van der Waals surface area contributed by atoms with Crippen LogP contribution < -0.4 is 15.2 Å². The van der Waals surface area contributed by atoms with E-state index in [-0.39, 0.29) is 6.10 Å². The Balaban J connectivity index is 2.04. The highest BCUT2D eigenvalue weighted by atomic mass is 32.1. The van der Waals surface area contributed by atoms with Gasteiger partial charge in [-0.25, -0.2) is 0 Å². The number of nitrogen functional groups attached to an aromatic ring is 1. The molecule has 0 saturated carbocycles. The van der Waals surface area contributed by atoms with Gasteiger partial charge in [0.15, 0.2) is 5.01 Å². The molecule has 0 bridgehead atoms. The average molecular weight is 251 g/mol. The topological polar surface area (TPSA) is 70.3 Å². The Morgan fingerprint density at radius 2 is 1.82 bits per heavy atom. The van der Waals surface area contributed by atoms with E-state index in [1.807, 2.05) is 31.2 Å². The summed E-state index contributed by atoms with van der Waals surface area (Å²) in [5.41, 5.74) is 5.52. The average Bonchev–Trinajstić information content (AvgIpc) is 2.77. The zero-order valence-corrected chi connectivity index (χ0v) is 10.4. The molecule has 2 aromatic rings. The number of benzene rings is 1. The van der Waals surface area contributed by atoms with Crippen LogP contribution in [-0.4, -0.2) is 17.3 Å². The van der Waals surface area contributed by atoms with Gasteiger partial charge in [-0.1, -0.05) is 11.3 Å². The maximum absolute atomic E-state index is 5.71. The van der Waals surface area contributed by atoms with Crippen LogP contribution in [0.4, 0.5) is 5.13 Å². The van der Waals surface area contributed by atoms with Gasteiger partial charge in [0.1, 0.15) is 17.6 Å². The molecule has 0 fully saturated rings. The van der Waals surface area contributed by atoms with Gasteiger partial charge >= 0.3 is 0 Å². The van der Waals surface area contributed by atoms with Crippen molar-refractivity contribution in [3.8, 4) is 11.5 Å². The van der Waals surface area contributed by atoms with Crippen molar-refractivity contribution in [2.75, 3.05) is 12.8 Å². The quantitative estimate of drug-likeness (QED) is 0.902. The molecule has 0 saturated heterocycles. The summed E-state index contributed by atoms with van der Waals surface area (Å²) >= 11 is 1.33. The van der Waals surface area contributed by atoms with Crippen LogP contribution >= 0.6 is 11.3 Å². The Labute approximate surface area is 103 Å². The summed E-state index contributed by atoms with van der Waals surface area (Å²) in [6, 6.07) is 7.38. The normalized spacial score (nSPS) is 12.1. The summed E-state index contributed by atoms with van der Waals surface area (Å²) in [6.07, 6.45) is -0.168. The Morgan fingerprint density at radius 1 is 1.18 bits per heavy atom. The van der Waals surface area contributed by atoms with Crippen molar-refractivity contribution in [2.45, 2.75) is 13.0 Å². The first-order chi connectivity index (χ1) is 8.19. The van der Waals surface area contributed by atoms with Gasteiger partial charge < -0.3 is 15.2 Å². The van der Waals surface area contributed by atoms with E-state index in [1.54, 1.807) is 7.11 Å². The Morgan fingerprint density at radius 3 is 2.35 bits per heavy atom. The zero-order valence-electron chi connectivity index (χ0n) is 9.58. The van der Waals surface area contributed by atoms with Crippen molar-refractivity contribution in [1.82, 2.24) is 10.2 Å². The molecule has 1 aromatic heterocycles. The highest BCUT2D eigenvalue weighted by Crippen LogP contribution is 2.26. The minimum atomic E-state index is -0.168. The van der Waals surface area contributed by atoms with Crippen LogP contribution in [-0.2, 0) is 0 Å². The number of ether oxygens (including phenoxy) is 2. The largest absolute Gasteiger partial charge is 0.497 e. The Hall–Kier alpha value is -1.82. The molecule has 5 nitrogen and oxygen atoms in total. The number of anilines is 1. The minimum Gasteiger partial charge on any atom is -0.497 e. The second-order valence-electron chi connectivity index (χ2n) is 3.41. The molecular formula is C11H13N3O2S. The smallest absolute Gasteiger partial charge is 0.203 e. The molecule has 0 aliphatic rings. The predicted octanol–water partition coefficient (Wildman–Crippen LogP) is 2.27. The number of methoxy groups -OCH3 is 1. The molecule has 2 N–H and O–H groups in total. The van der Waals surface area contributed by atoms with E-state index in [2.05, 4.69) is 10.2 Å². The highest BCUT2D eigenvalue weighted by molar-refractivity contribution is 7.15. The lowest BCUT2D eigenvalue weighted by Crippen LogP contribution is -2.02. The molecule has 0 spiro atoms. The van der Waals surface area contributed by atoms with Crippen LogP contribution in [0.3, 0.4) is 0 Å². The maximum Gasteiger partial charge on any atom is 0.203 e. The molecule has 1 heterocycles. The third-order valence-electron chi connectivity index (χ3n) is 2.18. The molecule has 1 atom stereocenters. The zero-order chi connectivity index (χ0) is 12.3. The molecule has 90 valence electrons. The molecule has 17 heavy (non-hydrogen) atoms. The molecule has 6 heteroatoms. The summed E-state index contributed by atoms with van der Waals surface area (Å²) in [4.78, 5) is 0. The van der Waals surface area contributed by atoms with Crippen molar-refractivity contribution in [1.29, 1.82) is 0 Å². The fraction of sp³-hybridized carbons (Fsp3) is 0.273. The lowest BCUT2D eigenvalue weighted by atomic mass is 10.3.